The third kappa shape index (κ3) is 3.92. The van der Waals surface area contributed by atoms with Crippen LogP contribution >= 0.6 is 0 Å². The fraction of sp³-hybridized carbons (Fsp3) is 0.467. The van der Waals surface area contributed by atoms with Crippen LogP contribution in [0.1, 0.15) is 42.7 Å². The molecule has 0 aliphatic carbocycles. The maximum Gasteiger partial charge on any atom is 0.240 e. The number of aryl methyl sites for hydroxylation is 2. The molecule has 0 radical (unpaired) electrons. The molecule has 0 saturated heterocycles. The van der Waals surface area contributed by atoms with E-state index in [1.165, 1.54) is 0 Å². The van der Waals surface area contributed by atoms with E-state index in [4.69, 9.17) is 4.42 Å². The third-order valence-corrected chi connectivity index (χ3v) is 4.85. The minimum Gasteiger partial charge on any atom is -0.425 e. The number of nitrogens with zero attached hydrogens (tertiary/aromatic N) is 2. The zero-order chi connectivity index (χ0) is 16.3. The highest BCUT2D eigenvalue weighted by molar-refractivity contribution is 7.89. The topological polar surface area (TPSA) is 85.1 Å². The number of aromatic nitrogens is 2. The largest absolute Gasteiger partial charge is 0.425 e. The van der Waals surface area contributed by atoms with Crippen LogP contribution in [-0.2, 0) is 16.4 Å². The van der Waals surface area contributed by atoms with E-state index in [2.05, 4.69) is 14.9 Å². The zero-order valence-electron chi connectivity index (χ0n) is 13.3. The van der Waals surface area contributed by atoms with Crippen LogP contribution < -0.4 is 4.72 Å². The van der Waals surface area contributed by atoms with Gasteiger partial charge in [-0.3, -0.25) is 0 Å². The molecule has 1 N–H and O–H groups in total. The Labute approximate surface area is 131 Å². The molecular formula is C15H21N3O3S. The van der Waals surface area contributed by atoms with Crippen LogP contribution in [0.3, 0.4) is 0 Å². The molecule has 2 aromatic rings. The van der Waals surface area contributed by atoms with Gasteiger partial charge in [0.25, 0.3) is 0 Å². The Morgan fingerprint density at radius 3 is 2.55 bits per heavy atom. The van der Waals surface area contributed by atoms with E-state index in [9.17, 15) is 8.42 Å². The Morgan fingerprint density at radius 2 is 1.95 bits per heavy atom. The van der Waals surface area contributed by atoms with E-state index in [1.807, 2.05) is 26.8 Å². The van der Waals surface area contributed by atoms with Crippen LogP contribution in [0.25, 0.3) is 0 Å². The van der Waals surface area contributed by atoms with Gasteiger partial charge in [-0.2, -0.15) is 0 Å². The Balaban J connectivity index is 2.00. The summed E-state index contributed by atoms with van der Waals surface area (Å²) in [6.07, 6.45) is 0.365. The van der Waals surface area contributed by atoms with Crippen molar-refractivity contribution in [3.63, 3.8) is 0 Å². The fourth-order valence-electron chi connectivity index (χ4n) is 2.07. The Hall–Kier alpha value is -1.73. The Bertz CT molecular complexity index is 751. The standard InChI is InChI=1S/C15H21N3O3S/c1-10(2)15-18-17-14(21-15)7-8-16-22(19,20)13-6-5-11(3)9-12(13)4/h5-6,9-10,16H,7-8H2,1-4H3. The molecule has 0 aliphatic heterocycles. The molecule has 1 aromatic carbocycles. The molecule has 0 unspecified atom stereocenters. The first-order chi connectivity index (χ1) is 10.3. The van der Waals surface area contributed by atoms with Crippen LogP contribution in [0.5, 0.6) is 0 Å². The Morgan fingerprint density at radius 1 is 1.23 bits per heavy atom. The molecule has 120 valence electrons. The summed E-state index contributed by atoms with van der Waals surface area (Å²) in [7, 11) is -3.53. The molecule has 22 heavy (non-hydrogen) atoms. The summed E-state index contributed by atoms with van der Waals surface area (Å²) in [5.74, 6) is 1.16. The number of rotatable bonds is 6. The number of benzene rings is 1. The molecule has 0 atom stereocenters. The Kier molecular flexibility index (Phi) is 4.97. The van der Waals surface area contributed by atoms with Crippen LogP contribution in [-0.4, -0.2) is 25.2 Å². The van der Waals surface area contributed by atoms with Crippen LogP contribution in [0.4, 0.5) is 0 Å². The first-order valence-corrected chi connectivity index (χ1v) is 8.67. The fourth-order valence-corrected chi connectivity index (χ4v) is 3.33. The van der Waals surface area contributed by atoms with Gasteiger partial charge in [-0.05, 0) is 25.5 Å². The van der Waals surface area contributed by atoms with Gasteiger partial charge in [-0.15, -0.1) is 10.2 Å². The third-order valence-electron chi connectivity index (χ3n) is 3.23. The SMILES string of the molecule is Cc1ccc(S(=O)(=O)NCCc2nnc(C(C)C)o2)c(C)c1. The van der Waals surface area contributed by atoms with Crippen molar-refractivity contribution in [2.75, 3.05) is 6.54 Å². The summed E-state index contributed by atoms with van der Waals surface area (Å²) in [6.45, 7) is 7.85. The van der Waals surface area contributed by atoms with Crippen LogP contribution in [0, 0.1) is 13.8 Å². The monoisotopic (exact) mass is 323 g/mol. The number of hydrogen-bond acceptors (Lipinski definition) is 5. The van der Waals surface area contributed by atoms with Crippen molar-refractivity contribution >= 4 is 10.0 Å². The lowest BCUT2D eigenvalue weighted by molar-refractivity contribution is 0.431. The lowest BCUT2D eigenvalue weighted by atomic mass is 10.2. The number of hydrogen-bond donors (Lipinski definition) is 1. The predicted molar refractivity (Wildman–Crippen MR) is 83.2 cm³/mol. The van der Waals surface area contributed by atoms with Gasteiger partial charge in [0.05, 0.1) is 4.90 Å². The molecular weight excluding hydrogens is 302 g/mol. The van der Waals surface area contributed by atoms with Gasteiger partial charge in [-0.1, -0.05) is 31.5 Å². The van der Waals surface area contributed by atoms with Crippen molar-refractivity contribution in [1.29, 1.82) is 0 Å². The van der Waals surface area contributed by atoms with Crippen molar-refractivity contribution in [2.24, 2.45) is 0 Å². The van der Waals surface area contributed by atoms with Gasteiger partial charge < -0.3 is 4.42 Å². The molecule has 0 spiro atoms. The summed E-state index contributed by atoms with van der Waals surface area (Å²) >= 11 is 0. The van der Waals surface area contributed by atoms with E-state index >= 15 is 0 Å². The summed E-state index contributed by atoms with van der Waals surface area (Å²) < 4.78 is 32.6. The molecule has 2 rings (SSSR count). The molecule has 1 aromatic heterocycles. The van der Waals surface area contributed by atoms with Crippen molar-refractivity contribution < 1.29 is 12.8 Å². The highest BCUT2D eigenvalue weighted by Crippen LogP contribution is 2.16. The highest BCUT2D eigenvalue weighted by atomic mass is 32.2. The van der Waals surface area contributed by atoms with Crippen molar-refractivity contribution in [3.05, 3.63) is 41.1 Å². The zero-order valence-corrected chi connectivity index (χ0v) is 14.1. The van der Waals surface area contributed by atoms with E-state index in [0.717, 1.165) is 11.1 Å². The number of nitrogens with one attached hydrogen (secondary N) is 1. The summed E-state index contributed by atoms with van der Waals surface area (Å²) in [5, 5.41) is 7.83. The lowest BCUT2D eigenvalue weighted by Gasteiger charge is -2.09. The highest BCUT2D eigenvalue weighted by Gasteiger charge is 2.17. The predicted octanol–water partition coefficient (Wildman–Crippen LogP) is 2.33. The molecule has 0 aliphatic rings. The van der Waals surface area contributed by atoms with Crippen LogP contribution in [0.2, 0.25) is 0 Å². The normalized spacial score (nSPS) is 12.0. The average molecular weight is 323 g/mol. The molecule has 6 nitrogen and oxygen atoms in total. The van der Waals surface area contributed by atoms with Gasteiger partial charge in [0.15, 0.2) is 0 Å². The van der Waals surface area contributed by atoms with E-state index in [-0.39, 0.29) is 12.5 Å². The van der Waals surface area contributed by atoms with Crippen molar-refractivity contribution in [3.8, 4) is 0 Å². The second-order valence-corrected chi connectivity index (χ2v) is 7.34. The molecule has 7 heteroatoms. The molecule has 0 fully saturated rings. The second-order valence-electron chi connectivity index (χ2n) is 5.61. The van der Waals surface area contributed by atoms with Gasteiger partial charge in [-0.25, -0.2) is 13.1 Å². The molecule has 0 saturated carbocycles. The van der Waals surface area contributed by atoms with Crippen LogP contribution in [0.15, 0.2) is 27.5 Å². The summed E-state index contributed by atoms with van der Waals surface area (Å²) in [6, 6.07) is 5.26. The van der Waals surface area contributed by atoms with E-state index in [0.29, 0.717) is 23.1 Å². The maximum absolute atomic E-state index is 12.3. The van der Waals surface area contributed by atoms with Gasteiger partial charge >= 0.3 is 0 Å². The van der Waals surface area contributed by atoms with Crippen molar-refractivity contribution in [2.45, 2.75) is 44.9 Å². The second kappa shape index (κ2) is 6.58. The van der Waals surface area contributed by atoms with E-state index in [1.54, 1.807) is 19.1 Å². The minimum absolute atomic E-state index is 0.160. The molecule has 0 amide bonds. The quantitative estimate of drug-likeness (QED) is 0.882. The molecule has 1 heterocycles. The first-order valence-electron chi connectivity index (χ1n) is 7.19. The lowest BCUT2D eigenvalue weighted by Crippen LogP contribution is -2.26. The molecule has 0 bridgehead atoms. The maximum atomic E-state index is 12.3. The van der Waals surface area contributed by atoms with Crippen molar-refractivity contribution in [1.82, 2.24) is 14.9 Å². The van der Waals surface area contributed by atoms with Gasteiger partial charge in [0.2, 0.25) is 21.8 Å². The number of sulfonamides is 1. The minimum atomic E-state index is -3.53. The van der Waals surface area contributed by atoms with Gasteiger partial charge in [0.1, 0.15) is 0 Å². The van der Waals surface area contributed by atoms with E-state index < -0.39 is 10.0 Å². The average Bonchev–Trinajstić information content (AvgIpc) is 2.87. The smallest absolute Gasteiger partial charge is 0.240 e. The summed E-state index contributed by atoms with van der Waals surface area (Å²) in [4.78, 5) is 0.298. The van der Waals surface area contributed by atoms with Gasteiger partial charge in [0, 0.05) is 18.9 Å². The first kappa shape index (κ1) is 16.6. The summed E-state index contributed by atoms with van der Waals surface area (Å²) in [5.41, 5.74) is 1.76.